The topological polar surface area (TPSA) is 41.3 Å². The van der Waals surface area contributed by atoms with Gasteiger partial charge in [-0.15, -0.1) is 0 Å². The molecule has 1 unspecified atom stereocenters. The van der Waals surface area contributed by atoms with E-state index in [-0.39, 0.29) is 0 Å². The normalized spacial score (nSPS) is 27.0. The molecule has 1 aromatic rings. The molecule has 1 saturated heterocycles. The zero-order valence-electron chi connectivity index (χ0n) is 10.9. The summed E-state index contributed by atoms with van der Waals surface area (Å²) in [6, 6.07) is 0. The highest BCUT2D eigenvalue weighted by Crippen LogP contribution is 2.21. The maximum atomic E-state index is 10.0. The third kappa shape index (κ3) is 3.54. The average molecular weight is 237 g/mol. The van der Waals surface area contributed by atoms with E-state index in [1.807, 2.05) is 26.2 Å². The van der Waals surface area contributed by atoms with Gasteiger partial charge in [-0.25, -0.2) is 4.98 Å². The van der Waals surface area contributed by atoms with Crippen LogP contribution in [0.3, 0.4) is 0 Å². The average Bonchev–Trinajstić information content (AvgIpc) is 2.58. The van der Waals surface area contributed by atoms with Crippen molar-refractivity contribution in [3.05, 3.63) is 18.2 Å². The number of aromatic nitrogens is 2. The van der Waals surface area contributed by atoms with Crippen molar-refractivity contribution < 1.29 is 5.11 Å². The van der Waals surface area contributed by atoms with E-state index in [4.69, 9.17) is 0 Å². The van der Waals surface area contributed by atoms with Crippen LogP contribution in [0.15, 0.2) is 12.4 Å². The van der Waals surface area contributed by atoms with Crippen molar-refractivity contribution in [1.82, 2.24) is 14.5 Å². The Bertz CT molecular complexity index is 359. The molecule has 0 saturated carbocycles. The molecule has 1 fully saturated rings. The minimum atomic E-state index is -0.459. The van der Waals surface area contributed by atoms with Gasteiger partial charge in [0.2, 0.25) is 0 Å². The summed E-state index contributed by atoms with van der Waals surface area (Å²) in [7, 11) is 0. The Morgan fingerprint density at radius 3 is 2.88 bits per heavy atom. The molecule has 0 radical (unpaired) electrons. The molecule has 1 aliphatic rings. The molecule has 17 heavy (non-hydrogen) atoms. The van der Waals surface area contributed by atoms with Gasteiger partial charge in [-0.1, -0.05) is 0 Å². The monoisotopic (exact) mass is 237 g/mol. The third-order valence-corrected chi connectivity index (χ3v) is 3.74. The molecule has 0 spiro atoms. The summed E-state index contributed by atoms with van der Waals surface area (Å²) < 4.78 is 2.18. The number of rotatable bonds is 3. The van der Waals surface area contributed by atoms with Gasteiger partial charge < -0.3 is 14.6 Å². The van der Waals surface area contributed by atoms with Crippen molar-refractivity contribution in [3.8, 4) is 0 Å². The molecule has 2 heterocycles. The van der Waals surface area contributed by atoms with Crippen LogP contribution in [0, 0.1) is 6.92 Å². The van der Waals surface area contributed by atoms with Crippen LogP contribution in [0.5, 0.6) is 0 Å². The molecule has 0 bridgehead atoms. The highest BCUT2D eigenvalue weighted by molar-refractivity contribution is 4.88. The molecule has 1 atom stereocenters. The van der Waals surface area contributed by atoms with E-state index in [1.165, 1.54) is 0 Å². The van der Waals surface area contributed by atoms with E-state index in [9.17, 15) is 5.11 Å². The number of imidazole rings is 1. The van der Waals surface area contributed by atoms with Crippen molar-refractivity contribution in [2.75, 3.05) is 19.6 Å². The first-order chi connectivity index (χ1) is 8.07. The predicted octanol–water partition coefficient (Wildman–Crippen LogP) is 1.43. The van der Waals surface area contributed by atoms with E-state index < -0.39 is 5.60 Å². The van der Waals surface area contributed by atoms with E-state index in [2.05, 4.69) is 14.5 Å². The van der Waals surface area contributed by atoms with Crippen molar-refractivity contribution >= 4 is 0 Å². The third-order valence-electron chi connectivity index (χ3n) is 3.74. The maximum Gasteiger partial charge on any atom is 0.105 e. The Morgan fingerprint density at radius 1 is 1.35 bits per heavy atom. The molecule has 1 N–H and O–H groups in total. The van der Waals surface area contributed by atoms with Gasteiger partial charge in [0.1, 0.15) is 5.82 Å². The molecular weight excluding hydrogens is 214 g/mol. The molecule has 96 valence electrons. The summed E-state index contributed by atoms with van der Waals surface area (Å²) in [5.74, 6) is 1.08. The first kappa shape index (κ1) is 12.6. The largest absolute Gasteiger partial charge is 0.390 e. The van der Waals surface area contributed by atoms with Gasteiger partial charge >= 0.3 is 0 Å². The molecule has 1 aliphatic heterocycles. The second-order valence-electron chi connectivity index (χ2n) is 5.36. The summed E-state index contributed by atoms with van der Waals surface area (Å²) >= 11 is 0. The maximum absolute atomic E-state index is 10.0. The van der Waals surface area contributed by atoms with Crippen LogP contribution in [0.4, 0.5) is 0 Å². The van der Waals surface area contributed by atoms with Gasteiger partial charge in [-0.2, -0.15) is 0 Å². The fourth-order valence-electron chi connectivity index (χ4n) is 2.43. The Morgan fingerprint density at radius 2 is 2.18 bits per heavy atom. The molecule has 0 aromatic carbocycles. The van der Waals surface area contributed by atoms with Crippen LogP contribution >= 0.6 is 0 Å². The summed E-state index contributed by atoms with van der Waals surface area (Å²) in [6.07, 6.45) is 6.78. The van der Waals surface area contributed by atoms with Crippen LogP contribution in [-0.2, 0) is 6.54 Å². The summed E-state index contributed by atoms with van der Waals surface area (Å²) in [6.45, 7) is 8.13. The number of hydrogen-bond donors (Lipinski definition) is 1. The fourth-order valence-corrected chi connectivity index (χ4v) is 2.43. The number of nitrogens with zero attached hydrogens (tertiary/aromatic N) is 3. The van der Waals surface area contributed by atoms with Crippen molar-refractivity contribution in [2.24, 2.45) is 0 Å². The quantitative estimate of drug-likeness (QED) is 0.864. The number of likely N-dealkylation sites (tertiary alicyclic amines) is 1. The number of aryl methyl sites for hydroxylation is 1. The zero-order chi connectivity index (χ0) is 12.3. The van der Waals surface area contributed by atoms with E-state index in [0.717, 1.165) is 51.3 Å². The van der Waals surface area contributed by atoms with Crippen LogP contribution in [0.1, 0.15) is 32.0 Å². The molecule has 0 aliphatic carbocycles. The highest BCUT2D eigenvalue weighted by Gasteiger charge is 2.24. The molecule has 4 nitrogen and oxygen atoms in total. The SMILES string of the molecule is Cc1nccn1CCN1CCCC(C)(O)CC1. The van der Waals surface area contributed by atoms with Crippen LogP contribution in [0.25, 0.3) is 0 Å². The van der Waals surface area contributed by atoms with Gasteiger partial charge in [0.25, 0.3) is 0 Å². The molecule has 1 aromatic heterocycles. The van der Waals surface area contributed by atoms with Gasteiger partial charge in [0.05, 0.1) is 5.60 Å². The van der Waals surface area contributed by atoms with Crippen molar-refractivity contribution in [2.45, 2.75) is 45.3 Å². The predicted molar refractivity (Wildman–Crippen MR) is 67.9 cm³/mol. The number of aliphatic hydroxyl groups is 1. The highest BCUT2D eigenvalue weighted by atomic mass is 16.3. The summed E-state index contributed by atoms with van der Waals surface area (Å²) in [5.41, 5.74) is -0.459. The van der Waals surface area contributed by atoms with Crippen molar-refractivity contribution in [3.63, 3.8) is 0 Å². The van der Waals surface area contributed by atoms with E-state index in [1.54, 1.807) is 0 Å². The summed E-state index contributed by atoms with van der Waals surface area (Å²) in [5, 5.41) is 10.0. The standard InChI is InChI=1S/C13H23N3O/c1-12-14-6-9-16(12)11-10-15-7-3-4-13(2,17)5-8-15/h6,9,17H,3-5,7-8,10-11H2,1-2H3. The fraction of sp³-hybridized carbons (Fsp3) is 0.769. The lowest BCUT2D eigenvalue weighted by atomic mass is 9.98. The zero-order valence-corrected chi connectivity index (χ0v) is 10.9. The minimum Gasteiger partial charge on any atom is -0.390 e. The Kier molecular flexibility index (Phi) is 3.84. The molecule has 0 amide bonds. The van der Waals surface area contributed by atoms with Crippen LogP contribution in [-0.4, -0.2) is 44.8 Å². The lowest BCUT2D eigenvalue weighted by Crippen LogP contribution is -2.30. The molecule has 4 heteroatoms. The molecule has 2 rings (SSSR count). The Hall–Kier alpha value is -0.870. The summed E-state index contributed by atoms with van der Waals surface area (Å²) in [4.78, 5) is 6.67. The van der Waals surface area contributed by atoms with Crippen molar-refractivity contribution in [1.29, 1.82) is 0 Å². The second-order valence-corrected chi connectivity index (χ2v) is 5.36. The van der Waals surface area contributed by atoms with Crippen LogP contribution in [0.2, 0.25) is 0 Å². The Balaban J connectivity index is 1.82. The van der Waals surface area contributed by atoms with E-state index in [0.29, 0.717) is 0 Å². The lowest BCUT2D eigenvalue weighted by Gasteiger charge is -2.22. The smallest absolute Gasteiger partial charge is 0.105 e. The first-order valence-corrected chi connectivity index (χ1v) is 6.49. The van der Waals surface area contributed by atoms with Gasteiger partial charge in [0, 0.05) is 32.0 Å². The first-order valence-electron chi connectivity index (χ1n) is 6.49. The van der Waals surface area contributed by atoms with Gasteiger partial charge in [-0.05, 0) is 39.7 Å². The van der Waals surface area contributed by atoms with E-state index >= 15 is 0 Å². The van der Waals surface area contributed by atoms with Crippen LogP contribution < -0.4 is 0 Å². The minimum absolute atomic E-state index is 0.459. The molecular formula is C13H23N3O. The lowest BCUT2D eigenvalue weighted by molar-refractivity contribution is 0.0445. The van der Waals surface area contributed by atoms with Gasteiger partial charge in [0.15, 0.2) is 0 Å². The van der Waals surface area contributed by atoms with Gasteiger partial charge in [-0.3, -0.25) is 0 Å². The Labute approximate surface area is 103 Å². The number of hydrogen-bond acceptors (Lipinski definition) is 3. The second kappa shape index (κ2) is 5.19.